The molecule has 126 valence electrons. The van der Waals surface area contributed by atoms with Crippen molar-refractivity contribution in [1.82, 2.24) is 10.7 Å². The van der Waals surface area contributed by atoms with Gasteiger partial charge in [0.1, 0.15) is 12.4 Å². The van der Waals surface area contributed by atoms with Gasteiger partial charge in [-0.3, -0.25) is 5.43 Å². The lowest BCUT2D eigenvalue weighted by atomic mass is 10.2. The fourth-order valence-electron chi connectivity index (χ4n) is 1.82. The molecule has 4 nitrogen and oxygen atoms in total. The Morgan fingerprint density at radius 1 is 1.21 bits per heavy atom. The minimum atomic E-state index is 0.377. The summed E-state index contributed by atoms with van der Waals surface area (Å²) in [7, 11) is 0. The molecule has 0 amide bonds. The van der Waals surface area contributed by atoms with E-state index in [0.29, 0.717) is 21.8 Å². The fraction of sp³-hybridized carbons (Fsp3) is 0.176. The molecule has 2 N–H and O–H groups in total. The molecule has 0 bridgehead atoms. The number of hydrogen-bond donors (Lipinski definition) is 2. The van der Waals surface area contributed by atoms with Gasteiger partial charge in [0.05, 0.1) is 6.21 Å². The lowest BCUT2D eigenvalue weighted by Gasteiger charge is -2.08. The Hall–Kier alpha value is -1.82. The SMILES string of the molecule is CCNC(=S)NN=Cc1ccc(OCc2ccc(Cl)cc2Cl)cc1. The summed E-state index contributed by atoms with van der Waals surface area (Å²) < 4.78 is 5.72. The van der Waals surface area contributed by atoms with Crippen LogP contribution in [-0.2, 0) is 6.61 Å². The maximum absolute atomic E-state index is 6.12. The molecule has 0 saturated carbocycles. The average Bonchev–Trinajstić information content (AvgIpc) is 2.55. The van der Waals surface area contributed by atoms with Crippen molar-refractivity contribution in [3.8, 4) is 5.75 Å². The predicted molar refractivity (Wildman–Crippen MR) is 104 cm³/mol. The van der Waals surface area contributed by atoms with Gasteiger partial charge in [-0.1, -0.05) is 29.3 Å². The number of hydrazone groups is 1. The predicted octanol–water partition coefficient (Wildman–Crippen LogP) is 4.39. The van der Waals surface area contributed by atoms with Crippen LogP contribution in [0.3, 0.4) is 0 Å². The molecule has 24 heavy (non-hydrogen) atoms. The van der Waals surface area contributed by atoms with Gasteiger partial charge in [-0.2, -0.15) is 5.10 Å². The van der Waals surface area contributed by atoms with Crippen molar-refractivity contribution >= 4 is 46.7 Å². The van der Waals surface area contributed by atoms with Crippen molar-refractivity contribution in [2.75, 3.05) is 6.54 Å². The number of hydrogen-bond acceptors (Lipinski definition) is 3. The van der Waals surface area contributed by atoms with Gasteiger partial charge in [-0.25, -0.2) is 0 Å². The van der Waals surface area contributed by atoms with Crippen LogP contribution in [0.4, 0.5) is 0 Å². The third-order valence-electron chi connectivity index (χ3n) is 3.01. The number of rotatable bonds is 6. The average molecular weight is 382 g/mol. The lowest BCUT2D eigenvalue weighted by molar-refractivity contribution is 0.306. The van der Waals surface area contributed by atoms with E-state index in [1.807, 2.05) is 37.3 Å². The number of thiocarbonyl (C=S) groups is 1. The van der Waals surface area contributed by atoms with Crippen LogP contribution in [0, 0.1) is 0 Å². The van der Waals surface area contributed by atoms with E-state index in [0.717, 1.165) is 23.4 Å². The molecule has 0 aliphatic rings. The highest BCUT2D eigenvalue weighted by molar-refractivity contribution is 7.80. The first-order valence-electron chi connectivity index (χ1n) is 7.32. The zero-order valence-corrected chi connectivity index (χ0v) is 15.4. The first kappa shape index (κ1) is 18.5. The third kappa shape index (κ3) is 6.00. The number of nitrogens with one attached hydrogen (secondary N) is 2. The zero-order valence-electron chi connectivity index (χ0n) is 13.1. The van der Waals surface area contributed by atoms with E-state index >= 15 is 0 Å². The smallest absolute Gasteiger partial charge is 0.186 e. The quantitative estimate of drug-likeness (QED) is 0.442. The number of nitrogens with zero attached hydrogens (tertiary/aromatic N) is 1. The molecular weight excluding hydrogens is 365 g/mol. The molecule has 0 fully saturated rings. The highest BCUT2D eigenvalue weighted by atomic mass is 35.5. The van der Waals surface area contributed by atoms with E-state index in [9.17, 15) is 0 Å². The maximum atomic E-state index is 6.12. The van der Waals surface area contributed by atoms with Gasteiger partial charge in [0.25, 0.3) is 0 Å². The molecule has 0 unspecified atom stereocenters. The molecule has 7 heteroatoms. The molecular formula is C17H17Cl2N3OS. The van der Waals surface area contributed by atoms with Crippen LogP contribution in [0.25, 0.3) is 0 Å². The fourth-order valence-corrected chi connectivity index (χ4v) is 2.48. The molecule has 0 saturated heterocycles. The lowest BCUT2D eigenvalue weighted by Crippen LogP contribution is -2.31. The zero-order chi connectivity index (χ0) is 17.4. The van der Waals surface area contributed by atoms with Gasteiger partial charge >= 0.3 is 0 Å². The third-order valence-corrected chi connectivity index (χ3v) is 3.83. The Balaban J connectivity index is 1.87. The van der Waals surface area contributed by atoms with E-state index in [1.165, 1.54) is 0 Å². The number of ether oxygens (including phenoxy) is 1. The standard InChI is InChI=1S/C17H17Cl2N3OS/c1-2-20-17(24)22-21-10-12-3-7-15(8-4-12)23-11-13-5-6-14(18)9-16(13)19/h3-10H,2,11H2,1H3,(H2,20,22,24). The molecule has 0 heterocycles. The van der Waals surface area contributed by atoms with Gasteiger partial charge in [0.15, 0.2) is 5.11 Å². The summed E-state index contributed by atoms with van der Waals surface area (Å²) in [5.41, 5.74) is 4.55. The minimum absolute atomic E-state index is 0.377. The van der Waals surface area contributed by atoms with Gasteiger partial charge in [0.2, 0.25) is 0 Å². The largest absolute Gasteiger partial charge is 0.489 e. The highest BCUT2D eigenvalue weighted by Crippen LogP contribution is 2.22. The molecule has 0 aliphatic carbocycles. The first-order valence-corrected chi connectivity index (χ1v) is 8.48. The minimum Gasteiger partial charge on any atom is -0.489 e. The van der Waals surface area contributed by atoms with E-state index in [4.69, 9.17) is 40.2 Å². The topological polar surface area (TPSA) is 45.7 Å². The van der Waals surface area contributed by atoms with Crippen LogP contribution in [0.15, 0.2) is 47.6 Å². The second kappa shape index (κ2) is 9.47. The Kier molecular flexibility index (Phi) is 7.31. The molecule has 0 atom stereocenters. The van der Waals surface area contributed by atoms with Crippen molar-refractivity contribution in [3.05, 3.63) is 63.6 Å². The van der Waals surface area contributed by atoms with Crippen LogP contribution in [0.2, 0.25) is 10.0 Å². The van der Waals surface area contributed by atoms with Crippen molar-refractivity contribution in [2.45, 2.75) is 13.5 Å². The molecule has 2 aromatic rings. The summed E-state index contributed by atoms with van der Waals surface area (Å²) in [5.74, 6) is 0.745. The van der Waals surface area contributed by atoms with E-state index in [-0.39, 0.29) is 0 Å². The van der Waals surface area contributed by atoms with Crippen molar-refractivity contribution in [2.24, 2.45) is 5.10 Å². The Bertz CT molecular complexity index is 720. The van der Waals surface area contributed by atoms with E-state index < -0.39 is 0 Å². The second-order valence-corrected chi connectivity index (χ2v) is 6.07. The molecule has 0 aromatic heterocycles. The second-order valence-electron chi connectivity index (χ2n) is 4.82. The van der Waals surface area contributed by atoms with Crippen LogP contribution in [0.1, 0.15) is 18.1 Å². The summed E-state index contributed by atoms with van der Waals surface area (Å²) in [6.45, 7) is 3.10. The molecule has 0 spiro atoms. The summed E-state index contributed by atoms with van der Waals surface area (Å²) >= 11 is 17.0. The van der Waals surface area contributed by atoms with Crippen molar-refractivity contribution < 1.29 is 4.74 Å². The van der Waals surface area contributed by atoms with Crippen LogP contribution >= 0.6 is 35.4 Å². The van der Waals surface area contributed by atoms with E-state index in [1.54, 1.807) is 18.3 Å². The summed E-state index contributed by atoms with van der Waals surface area (Å²) in [6, 6.07) is 12.9. The summed E-state index contributed by atoms with van der Waals surface area (Å²) in [4.78, 5) is 0. The Morgan fingerprint density at radius 2 is 1.96 bits per heavy atom. The summed E-state index contributed by atoms with van der Waals surface area (Å²) in [5, 5.41) is 8.69. The number of benzene rings is 2. The van der Waals surface area contributed by atoms with Gasteiger partial charge < -0.3 is 10.1 Å². The van der Waals surface area contributed by atoms with Crippen LogP contribution in [-0.4, -0.2) is 17.9 Å². The van der Waals surface area contributed by atoms with Crippen molar-refractivity contribution in [1.29, 1.82) is 0 Å². The van der Waals surface area contributed by atoms with Gasteiger partial charge in [-0.05, 0) is 61.1 Å². The monoisotopic (exact) mass is 381 g/mol. The molecule has 0 radical (unpaired) electrons. The van der Waals surface area contributed by atoms with Crippen molar-refractivity contribution in [3.63, 3.8) is 0 Å². The molecule has 0 aliphatic heterocycles. The normalized spacial score (nSPS) is 10.6. The Morgan fingerprint density at radius 3 is 2.62 bits per heavy atom. The summed E-state index contributed by atoms with van der Waals surface area (Å²) in [6.07, 6.45) is 1.68. The first-order chi connectivity index (χ1) is 11.6. The van der Waals surface area contributed by atoms with Crippen LogP contribution < -0.4 is 15.5 Å². The van der Waals surface area contributed by atoms with E-state index in [2.05, 4.69) is 15.8 Å². The molecule has 2 aromatic carbocycles. The maximum Gasteiger partial charge on any atom is 0.186 e. The number of halogens is 2. The van der Waals surface area contributed by atoms with Crippen LogP contribution in [0.5, 0.6) is 5.75 Å². The van der Waals surface area contributed by atoms with Gasteiger partial charge in [-0.15, -0.1) is 0 Å². The molecule has 2 rings (SSSR count). The Labute approximate surface area is 156 Å². The highest BCUT2D eigenvalue weighted by Gasteiger charge is 2.02. The van der Waals surface area contributed by atoms with Gasteiger partial charge in [0, 0.05) is 22.2 Å².